The molecule has 4 heteroatoms. The van der Waals surface area contributed by atoms with E-state index in [4.69, 9.17) is 10.4 Å². The second kappa shape index (κ2) is 4.60. The van der Waals surface area contributed by atoms with Crippen LogP contribution in [0.25, 0.3) is 0 Å². The maximum Gasteiger partial charge on any atom is 0.144 e. The van der Waals surface area contributed by atoms with Crippen LogP contribution >= 0.6 is 0 Å². The van der Waals surface area contributed by atoms with Gasteiger partial charge in [0.1, 0.15) is 11.8 Å². The van der Waals surface area contributed by atoms with Gasteiger partial charge in [-0.3, -0.25) is 0 Å². The number of aliphatic hydroxyl groups is 1. The molecule has 1 aromatic rings. The van der Waals surface area contributed by atoms with Crippen LogP contribution in [0.5, 0.6) is 0 Å². The molecule has 0 amide bonds. The van der Waals surface area contributed by atoms with E-state index in [-0.39, 0.29) is 12.0 Å². The van der Waals surface area contributed by atoms with Crippen molar-refractivity contribution in [3.63, 3.8) is 0 Å². The molecule has 0 bridgehead atoms. The summed E-state index contributed by atoms with van der Waals surface area (Å²) in [6.07, 6.45) is 3.81. The van der Waals surface area contributed by atoms with Crippen molar-refractivity contribution in [3.05, 3.63) is 29.6 Å². The van der Waals surface area contributed by atoms with Crippen LogP contribution in [0.2, 0.25) is 0 Å². The number of hydrogen-bond donors (Lipinski definition) is 2. The first-order chi connectivity index (χ1) is 7.79. The Kier molecular flexibility index (Phi) is 3.18. The summed E-state index contributed by atoms with van der Waals surface area (Å²) in [4.78, 5) is 4.00. The molecule has 0 spiro atoms. The van der Waals surface area contributed by atoms with Gasteiger partial charge in [-0.25, -0.2) is 4.98 Å². The van der Waals surface area contributed by atoms with Gasteiger partial charge in [-0.1, -0.05) is 6.07 Å². The van der Waals surface area contributed by atoms with Crippen molar-refractivity contribution in [1.29, 1.82) is 5.26 Å². The van der Waals surface area contributed by atoms with Crippen LogP contribution in [0.4, 0.5) is 0 Å². The molecular weight excluding hydrogens is 202 g/mol. The van der Waals surface area contributed by atoms with Crippen molar-refractivity contribution in [3.8, 4) is 6.07 Å². The number of nitrogens with zero attached hydrogens (tertiary/aromatic N) is 2. The summed E-state index contributed by atoms with van der Waals surface area (Å²) in [5.41, 5.74) is 1.50. The lowest BCUT2D eigenvalue weighted by atomic mass is 10.1. The van der Waals surface area contributed by atoms with E-state index in [1.807, 2.05) is 12.1 Å². The monoisotopic (exact) mass is 217 g/mol. The van der Waals surface area contributed by atoms with Crippen LogP contribution in [0.15, 0.2) is 18.3 Å². The van der Waals surface area contributed by atoms with Gasteiger partial charge < -0.3 is 10.4 Å². The molecule has 0 aliphatic heterocycles. The third kappa shape index (κ3) is 2.38. The van der Waals surface area contributed by atoms with E-state index >= 15 is 0 Å². The summed E-state index contributed by atoms with van der Waals surface area (Å²) in [5, 5.41) is 21.3. The third-order valence-electron chi connectivity index (χ3n) is 3.11. The molecule has 2 N–H and O–H groups in total. The smallest absolute Gasteiger partial charge is 0.144 e. The normalized spacial score (nSPS) is 16.8. The number of rotatable bonds is 5. The minimum Gasteiger partial charge on any atom is -0.396 e. The largest absolute Gasteiger partial charge is 0.396 e. The van der Waals surface area contributed by atoms with Crippen LogP contribution in [-0.2, 0) is 6.54 Å². The van der Waals surface area contributed by atoms with Crippen molar-refractivity contribution in [2.24, 2.45) is 5.41 Å². The lowest BCUT2D eigenvalue weighted by Crippen LogP contribution is -2.26. The van der Waals surface area contributed by atoms with Crippen molar-refractivity contribution < 1.29 is 5.11 Å². The number of pyridine rings is 1. The van der Waals surface area contributed by atoms with E-state index < -0.39 is 0 Å². The molecule has 0 aromatic carbocycles. The Balaban J connectivity index is 1.88. The zero-order chi connectivity index (χ0) is 11.4. The summed E-state index contributed by atoms with van der Waals surface area (Å²) in [7, 11) is 0. The van der Waals surface area contributed by atoms with Crippen molar-refractivity contribution >= 4 is 0 Å². The minimum absolute atomic E-state index is 0.106. The molecule has 1 saturated carbocycles. The molecule has 0 radical (unpaired) electrons. The van der Waals surface area contributed by atoms with Gasteiger partial charge in [-0.2, -0.15) is 5.26 Å². The predicted octanol–water partition coefficient (Wildman–Crippen LogP) is 0.815. The molecule has 1 heterocycles. The van der Waals surface area contributed by atoms with Crippen molar-refractivity contribution in [1.82, 2.24) is 10.3 Å². The van der Waals surface area contributed by atoms with Gasteiger partial charge in [0.25, 0.3) is 0 Å². The van der Waals surface area contributed by atoms with Gasteiger partial charge >= 0.3 is 0 Å². The van der Waals surface area contributed by atoms with Crippen LogP contribution in [0.3, 0.4) is 0 Å². The fourth-order valence-corrected chi connectivity index (χ4v) is 1.71. The Morgan fingerprint density at radius 1 is 1.56 bits per heavy atom. The lowest BCUT2D eigenvalue weighted by molar-refractivity contribution is 0.207. The molecule has 1 fully saturated rings. The van der Waals surface area contributed by atoms with E-state index in [9.17, 15) is 0 Å². The maximum absolute atomic E-state index is 9.15. The van der Waals surface area contributed by atoms with Gasteiger partial charge in [0, 0.05) is 36.9 Å². The number of aliphatic hydroxyl groups excluding tert-OH is 1. The highest BCUT2D eigenvalue weighted by Crippen LogP contribution is 2.44. The summed E-state index contributed by atoms with van der Waals surface area (Å²) in [6.45, 7) is 1.69. The highest BCUT2D eigenvalue weighted by Gasteiger charge is 2.41. The summed E-state index contributed by atoms with van der Waals surface area (Å²) in [5.74, 6) is 0. The van der Waals surface area contributed by atoms with Gasteiger partial charge in [0.05, 0.1) is 0 Å². The number of aromatic nitrogens is 1. The topological polar surface area (TPSA) is 68.9 Å². The average molecular weight is 217 g/mol. The Morgan fingerprint density at radius 3 is 3.00 bits per heavy atom. The molecule has 4 nitrogen and oxygen atoms in total. The molecule has 16 heavy (non-hydrogen) atoms. The standard InChI is InChI=1S/C12H15N3O/c13-6-11-10(2-1-5-15-11)7-14-8-12(9-16)3-4-12/h1-2,5,14,16H,3-4,7-9H2. The molecule has 84 valence electrons. The summed E-state index contributed by atoms with van der Waals surface area (Å²) < 4.78 is 0. The molecule has 1 aromatic heterocycles. The summed E-state index contributed by atoms with van der Waals surface area (Å²) in [6, 6.07) is 5.80. The number of nitriles is 1. The van der Waals surface area contributed by atoms with E-state index in [0.29, 0.717) is 12.2 Å². The quantitative estimate of drug-likeness (QED) is 0.766. The molecule has 2 rings (SSSR count). The van der Waals surface area contributed by atoms with Crippen molar-refractivity contribution in [2.45, 2.75) is 19.4 Å². The third-order valence-corrected chi connectivity index (χ3v) is 3.11. The van der Waals surface area contributed by atoms with Gasteiger partial charge in [-0.15, -0.1) is 0 Å². The first-order valence-corrected chi connectivity index (χ1v) is 5.45. The van der Waals surface area contributed by atoms with Crippen LogP contribution in [0, 0.1) is 16.7 Å². The lowest BCUT2D eigenvalue weighted by Gasteiger charge is -2.12. The van der Waals surface area contributed by atoms with Gasteiger partial charge in [0.2, 0.25) is 0 Å². The van der Waals surface area contributed by atoms with Crippen LogP contribution < -0.4 is 5.32 Å². The molecular formula is C12H15N3O. The predicted molar refractivity (Wildman–Crippen MR) is 59.4 cm³/mol. The zero-order valence-corrected chi connectivity index (χ0v) is 9.11. The minimum atomic E-state index is 0.106. The number of hydrogen-bond acceptors (Lipinski definition) is 4. The Hall–Kier alpha value is -1.44. The molecule has 1 aliphatic carbocycles. The van der Waals surface area contributed by atoms with E-state index in [2.05, 4.69) is 16.4 Å². The Bertz CT molecular complexity index is 407. The average Bonchev–Trinajstić information content (AvgIpc) is 3.10. The van der Waals surface area contributed by atoms with Crippen LogP contribution in [-0.4, -0.2) is 23.2 Å². The second-order valence-corrected chi connectivity index (χ2v) is 4.38. The Morgan fingerprint density at radius 2 is 2.38 bits per heavy atom. The van der Waals surface area contributed by atoms with E-state index in [0.717, 1.165) is 24.9 Å². The molecule has 1 aliphatic rings. The molecule has 0 atom stereocenters. The maximum atomic E-state index is 9.15. The Labute approximate surface area is 94.9 Å². The highest BCUT2D eigenvalue weighted by atomic mass is 16.3. The van der Waals surface area contributed by atoms with Gasteiger partial charge in [0.15, 0.2) is 0 Å². The van der Waals surface area contributed by atoms with E-state index in [1.165, 1.54) is 0 Å². The van der Waals surface area contributed by atoms with Gasteiger partial charge in [-0.05, 0) is 18.9 Å². The van der Waals surface area contributed by atoms with Crippen molar-refractivity contribution in [2.75, 3.05) is 13.2 Å². The molecule has 0 unspecified atom stereocenters. The molecule has 0 saturated heterocycles. The number of nitrogens with one attached hydrogen (secondary N) is 1. The van der Waals surface area contributed by atoms with E-state index in [1.54, 1.807) is 6.20 Å². The fourth-order valence-electron chi connectivity index (χ4n) is 1.71. The van der Waals surface area contributed by atoms with Crippen LogP contribution in [0.1, 0.15) is 24.1 Å². The first kappa shape index (κ1) is 11.1. The first-order valence-electron chi connectivity index (χ1n) is 5.45. The fraction of sp³-hybridized carbons (Fsp3) is 0.500. The second-order valence-electron chi connectivity index (χ2n) is 4.38. The SMILES string of the molecule is N#Cc1ncccc1CNCC1(CO)CC1. The highest BCUT2D eigenvalue weighted by molar-refractivity contribution is 5.30. The summed E-state index contributed by atoms with van der Waals surface area (Å²) >= 11 is 0. The zero-order valence-electron chi connectivity index (χ0n) is 9.11.